The molecule has 1 heterocycles. The van der Waals surface area contributed by atoms with Crippen LogP contribution in [0.1, 0.15) is 0 Å². The lowest BCUT2D eigenvalue weighted by Crippen LogP contribution is -2.49. The molecule has 0 bridgehead atoms. The molecule has 7 heteroatoms. The molecule has 0 amide bonds. The molecule has 0 aromatic rings. The van der Waals surface area contributed by atoms with Crippen LogP contribution in [0.25, 0.3) is 0 Å². The lowest BCUT2D eigenvalue weighted by Gasteiger charge is -2.34. The van der Waals surface area contributed by atoms with E-state index in [1.807, 2.05) is 0 Å². The summed E-state index contributed by atoms with van der Waals surface area (Å²) < 4.78 is 24.2. The van der Waals surface area contributed by atoms with E-state index in [0.29, 0.717) is 13.1 Å². The number of hydrogen-bond acceptors (Lipinski definition) is 5. The number of nitrogens with one attached hydrogen (secondary N) is 1. The molecule has 0 aromatic heterocycles. The topological polar surface area (TPSA) is 78.7 Å². The van der Waals surface area contributed by atoms with Crippen molar-refractivity contribution in [1.29, 1.82) is 0 Å². The predicted molar refractivity (Wildman–Crippen MR) is 64.8 cm³/mol. The number of nitrogens with two attached hydrogens (primary N) is 1. The fourth-order valence-corrected chi connectivity index (χ4v) is 2.27. The minimum absolute atomic E-state index is 0.496. The summed E-state index contributed by atoms with van der Waals surface area (Å²) in [6.07, 6.45) is 1.19. The molecule has 1 saturated heterocycles. The molecular formula is C9H22N4O2S. The zero-order chi connectivity index (χ0) is 12.0. The van der Waals surface area contributed by atoms with Crippen molar-refractivity contribution in [3.8, 4) is 0 Å². The molecule has 96 valence electrons. The second kappa shape index (κ2) is 6.51. The molecule has 1 fully saturated rings. The third-order valence-electron chi connectivity index (χ3n) is 2.70. The highest BCUT2D eigenvalue weighted by molar-refractivity contribution is 7.88. The minimum Gasteiger partial charge on any atom is -0.329 e. The number of rotatable bonds is 6. The molecule has 0 aromatic carbocycles. The summed E-state index contributed by atoms with van der Waals surface area (Å²) in [5.41, 5.74) is 5.49. The summed E-state index contributed by atoms with van der Waals surface area (Å²) in [4.78, 5) is 4.60. The van der Waals surface area contributed by atoms with Gasteiger partial charge in [0.2, 0.25) is 10.0 Å². The normalized spacial score (nSPS) is 20.1. The van der Waals surface area contributed by atoms with E-state index >= 15 is 0 Å². The van der Waals surface area contributed by atoms with Gasteiger partial charge in [-0.2, -0.15) is 0 Å². The van der Waals surface area contributed by atoms with Crippen LogP contribution in [0.15, 0.2) is 0 Å². The molecule has 1 aliphatic rings. The van der Waals surface area contributed by atoms with E-state index in [4.69, 9.17) is 5.73 Å². The molecule has 0 aliphatic carbocycles. The van der Waals surface area contributed by atoms with Crippen LogP contribution < -0.4 is 10.5 Å². The van der Waals surface area contributed by atoms with Gasteiger partial charge in [0.1, 0.15) is 0 Å². The van der Waals surface area contributed by atoms with Crippen molar-refractivity contribution in [2.75, 3.05) is 58.6 Å². The molecule has 16 heavy (non-hydrogen) atoms. The van der Waals surface area contributed by atoms with E-state index in [1.54, 1.807) is 0 Å². The van der Waals surface area contributed by atoms with Crippen LogP contribution in [0.3, 0.4) is 0 Å². The summed E-state index contributed by atoms with van der Waals surface area (Å²) in [6.45, 7) is 6.97. The lowest BCUT2D eigenvalue weighted by molar-refractivity contribution is 0.137. The molecule has 6 nitrogen and oxygen atoms in total. The number of hydrogen-bond donors (Lipinski definition) is 2. The highest BCUT2D eigenvalue weighted by Crippen LogP contribution is 1.99. The van der Waals surface area contributed by atoms with Gasteiger partial charge >= 0.3 is 0 Å². The van der Waals surface area contributed by atoms with Crippen LogP contribution in [-0.4, -0.2) is 76.8 Å². The maximum absolute atomic E-state index is 10.9. The van der Waals surface area contributed by atoms with Crippen molar-refractivity contribution in [3.63, 3.8) is 0 Å². The Morgan fingerprint density at radius 2 is 1.62 bits per heavy atom. The monoisotopic (exact) mass is 250 g/mol. The quantitative estimate of drug-likeness (QED) is 0.576. The predicted octanol–water partition coefficient (Wildman–Crippen LogP) is -1.89. The maximum Gasteiger partial charge on any atom is 0.208 e. The van der Waals surface area contributed by atoms with E-state index < -0.39 is 10.0 Å². The Bertz CT molecular complexity index is 286. The Balaban J connectivity index is 2.13. The molecule has 1 aliphatic heterocycles. The van der Waals surface area contributed by atoms with Gasteiger partial charge in [-0.15, -0.1) is 0 Å². The molecule has 0 unspecified atom stereocenters. The average Bonchev–Trinajstić information content (AvgIpc) is 2.19. The summed E-state index contributed by atoms with van der Waals surface area (Å²) in [7, 11) is -3.05. The summed E-state index contributed by atoms with van der Waals surface area (Å²) in [6, 6.07) is 0. The van der Waals surface area contributed by atoms with Gasteiger partial charge in [0.05, 0.1) is 6.26 Å². The molecule has 3 N–H and O–H groups in total. The van der Waals surface area contributed by atoms with Gasteiger partial charge in [-0.1, -0.05) is 0 Å². The Kier molecular flexibility index (Phi) is 5.63. The fourth-order valence-electron chi connectivity index (χ4n) is 1.81. The first kappa shape index (κ1) is 13.9. The maximum atomic E-state index is 10.9. The van der Waals surface area contributed by atoms with Crippen LogP contribution in [0.4, 0.5) is 0 Å². The molecule has 0 saturated carbocycles. The van der Waals surface area contributed by atoms with Crippen LogP contribution in [0.5, 0.6) is 0 Å². The molecule has 0 spiro atoms. The molecule has 1 rings (SSSR count). The van der Waals surface area contributed by atoms with E-state index in [9.17, 15) is 8.42 Å². The van der Waals surface area contributed by atoms with E-state index in [-0.39, 0.29) is 0 Å². The van der Waals surface area contributed by atoms with Crippen molar-refractivity contribution in [3.05, 3.63) is 0 Å². The van der Waals surface area contributed by atoms with Gasteiger partial charge in [0.15, 0.2) is 0 Å². The minimum atomic E-state index is -3.05. The lowest BCUT2D eigenvalue weighted by atomic mass is 10.3. The fraction of sp³-hybridized carbons (Fsp3) is 1.00. The van der Waals surface area contributed by atoms with Crippen LogP contribution in [0.2, 0.25) is 0 Å². The van der Waals surface area contributed by atoms with Crippen LogP contribution in [0, 0.1) is 0 Å². The Morgan fingerprint density at radius 1 is 1.12 bits per heavy atom. The first-order chi connectivity index (χ1) is 7.51. The Morgan fingerprint density at radius 3 is 2.06 bits per heavy atom. The number of sulfonamides is 1. The number of piperazine rings is 1. The molecule has 0 atom stereocenters. The van der Waals surface area contributed by atoms with E-state index in [0.717, 1.165) is 39.3 Å². The SMILES string of the molecule is CS(=O)(=O)NCCN1CCN(CCN)CC1. The number of nitrogens with zero attached hydrogens (tertiary/aromatic N) is 2. The van der Waals surface area contributed by atoms with Gasteiger partial charge < -0.3 is 5.73 Å². The average molecular weight is 250 g/mol. The summed E-state index contributed by atoms with van der Waals surface area (Å²) in [5.74, 6) is 0. The highest BCUT2D eigenvalue weighted by Gasteiger charge is 2.15. The highest BCUT2D eigenvalue weighted by atomic mass is 32.2. The van der Waals surface area contributed by atoms with Crippen molar-refractivity contribution in [2.45, 2.75) is 0 Å². The second-order valence-electron chi connectivity index (χ2n) is 4.14. The van der Waals surface area contributed by atoms with Crippen LogP contribution >= 0.6 is 0 Å². The van der Waals surface area contributed by atoms with Crippen molar-refractivity contribution < 1.29 is 8.42 Å². The van der Waals surface area contributed by atoms with Crippen LogP contribution in [-0.2, 0) is 10.0 Å². The molecular weight excluding hydrogens is 228 g/mol. The van der Waals surface area contributed by atoms with Gasteiger partial charge in [0, 0.05) is 52.4 Å². The summed E-state index contributed by atoms with van der Waals surface area (Å²) in [5, 5.41) is 0. The largest absolute Gasteiger partial charge is 0.329 e. The Labute approximate surface area is 97.8 Å². The van der Waals surface area contributed by atoms with Gasteiger partial charge in [-0.3, -0.25) is 9.80 Å². The zero-order valence-electron chi connectivity index (χ0n) is 9.85. The zero-order valence-corrected chi connectivity index (χ0v) is 10.7. The third-order valence-corrected chi connectivity index (χ3v) is 3.43. The summed E-state index contributed by atoms with van der Waals surface area (Å²) >= 11 is 0. The third kappa shape index (κ3) is 5.76. The van der Waals surface area contributed by atoms with Gasteiger partial charge in [-0.25, -0.2) is 13.1 Å². The van der Waals surface area contributed by atoms with Crippen molar-refractivity contribution in [2.24, 2.45) is 5.73 Å². The first-order valence-electron chi connectivity index (χ1n) is 5.60. The van der Waals surface area contributed by atoms with E-state index in [2.05, 4.69) is 14.5 Å². The van der Waals surface area contributed by atoms with Gasteiger partial charge in [-0.05, 0) is 0 Å². The van der Waals surface area contributed by atoms with Crippen molar-refractivity contribution in [1.82, 2.24) is 14.5 Å². The van der Waals surface area contributed by atoms with E-state index in [1.165, 1.54) is 6.26 Å². The molecule has 0 radical (unpaired) electrons. The smallest absolute Gasteiger partial charge is 0.208 e. The first-order valence-corrected chi connectivity index (χ1v) is 7.50. The van der Waals surface area contributed by atoms with Crippen molar-refractivity contribution >= 4 is 10.0 Å². The Hall–Kier alpha value is -0.210. The second-order valence-corrected chi connectivity index (χ2v) is 5.97. The van der Waals surface area contributed by atoms with Gasteiger partial charge in [0.25, 0.3) is 0 Å². The standard InChI is InChI=1S/C9H22N4O2S/c1-16(14,15)11-3-5-13-8-6-12(4-2-10)7-9-13/h11H,2-10H2,1H3.